The maximum Gasteiger partial charge on any atom is 0.230 e. The first kappa shape index (κ1) is 19.0. The van der Waals surface area contributed by atoms with Gasteiger partial charge in [-0.15, -0.1) is 11.8 Å². The number of hydrogen-bond acceptors (Lipinski definition) is 3. The minimum Gasteiger partial charge on any atom is -0.496 e. The fourth-order valence-corrected chi connectivity index (χ4v) is 3.38. The molecular weight excluding hydrogens is 365 g/mol. The number of halogens is 2. The van der Waals surface area contributed by atoms with E-state index >= 15 is 0 Å². The highest BCUT2D eigenvalue weighted by molar-refractivity contribution is 7.99. The van der Waals surface area contributed by atoms with Crippen LogP contribution >= 0.6 is 35.0 Å². The third kappa shape index (κ3) is 5.33. The van der Waals surface area contributed by atoms with E-state index in [1.807, 2.05) is 43.3 Å². The third-order valence-electron chi connectivity index (χ3n) is 3.47. The Labute approximate surface area is 156 Å². The average molecular weight is 384 g/mol. The van der Waals surface area contributed by atoms with E-state index in [0.717, 1.165) is 16.9 Å². The van der Waals surface area contributed by atoms with E-state index in [9.17, 15) is 4.79 Å². The van der Waals surface area contributed by atoms with Gasteiger partial charge in [-0.25, -0.2) is 0 Å². The van der Waals surface area contributed by atoms with Crippen LogP contribution in [0.15, 0.2) is 42.5 Å². The Hall–Kier alpha value is -1.36. The zero-order valence-corrected chi connectivity index (χ0v) is 15.8. The molecule has 0 unspecified atom stereocenters. The number of rotatable bonds is 7. The number of benzene rings is 2. The highest BCUT2D eigenvalue weighted by Gasteiger charge is 2.13. The smallest absolute Gasteiger partial charge is 0.230 e. The molecule has 0 aromatic heterocycles. The Bertz CT molecular complexity index is 709. The van der Waals surface area contributed by atoms with Crippen LogP contribution in [0.25, 0.3) is 0 Å². The Morgan fingerprint density at radius 2 is 1.96 bits per heavy atom. The van der Waals surface area contributed by atoms with Crippen LogP contribution in [0.1, 0.15) is 24.1 Å². The minimum atomic E-state index is -0.112. The van der Waals surface area contributed by atoms with Crippen LogP contribution in [-0.2, 0) is 10.5 Å². The lowest BCUT2D eigenvalue weighted by Crippen LogP contribution is -2.28. The van der Waals surface area contributed by atoms with Crippen LogP contribution in [0.5, 0.6) is 5.75 Å². The van der Waals surface area contributed by atoms with Crippen molar-refractivity contribution in [1.29, 1.82) is 0 Å². The fraction of sp³-hybridized carbons (Fsp3) is 0.278. The number of carbonyl (C=O) groups excluding carboxylic acids is 1. The molecule has 0 fully saturated rings. The lowest BCUT2D eigenvalue weighted by Gasteiger charge is -2.17. The van der Waals surface area contributed by atoms with Gasteiger partial charge in [-0.2, -0.15) is 0 Å². The summed E-state index contributed by atoms with van der Waals surface area (Å²) in [7, 11) is 1.63. The number of carbonyl (C=O) groups is 1. The van der Waals surface area contributed by atoms with Crippen molar-refractivity contribution < 1.29 is 9.53 Å². The Morgan fingerprint density at radius 1 is 1.21 bits per heavy atom. The maximum atomic E-state index is 12.1. The van der Waals surface area contributed by atoms with Crippen LogP contribution in [0.3, 0.4) is 0 Å². The van der Waals surface area contributed by atoms with Gasteiger partial charge < -0.3 is 10.1 Å². The molecule has 0 aliphatic rings. The van der Waals surface area contributed by atoms with Crippen molar-refractivity contribution in [3.63, 3.8) is 0 Å². The fourth-order valence-electron chi connectivity index (χ4n) is 2.28. The molecule has 0 radical (unpaired) electrons. The second-order valence-corrected chi connectivity index (χ2v) is 7.07. The molecule has 0 bridgehead atoms. The predicted molar refractivity (Wildman–Crippen MR) is 102 cm³/mol. The van der Waals surface area contributed by atoms with Gasteiger partial charge in [0.15, 0.2) is 0 Å². The van der Waals surface area contributed by atoms with E-state index in [1.54, 1.807) is 13.2 Å². The lowest BCUT2D eigenvalue weighted by atomic mass is 10.1. The van der Waals surface area contributed by atoms with Crippen LogP contribution in [0, 0.1) is 0 Å². The molecule has 2 rings (SSSR count). The lowest BCUT2D eigenvalue weighted by molar-refractivity contribution is -0.119. The largest absolute Gasteiger partial charge is 0.496 e. The van der Waals surface area contributed by atoms with Crippen LogP contribution in [-0.4, -0.2) is 18.8 Å². The van der Waals surface area contributed by atoms with Gasteiger partial charge in [-0.3, -0.25) is 4.79 Å². The van der Waals surface area contributed by atoms with Gasteiger partial charge >= 0.3 is 0 Å². The molecule has 0 heterocycles. The molecule has 6 heteroatoms. The van der Waals surface area contributed by atoms with E-state index in [-0.39, 0.29) is 11.9 Å². The number of para-hydroxylation sites is 1. The summed E-state index contributed by atoms with van der Waals surface area (Å²) in [6, 6.07) is 13.1. The molecule has 2 aromatic carbocycles. The SMILES string of the molecule is COc1ccccc1[C@@H](C)NC(=O)CSCc1ccc(Cl)c(Cl)c1. The van der Waals surface area contributed by atoms with Crippen molar-refractivity contribution in [3.05, 3.63) is 63.6 Å². The van der Waals surface area contributed by atoms with Crippen LogP contribution < -0.4 is 10.1 Å². The molecule has 0 spiro atoms. The number of hydrogen-bond donors (Lipinski definition) is 1. The first-order chi connectivity index (χ1) is 11.5. The van der Waals surface area contributed by atoms with E-state index in [4.69, 9.17) is 27.9 Å². The zero-order chi connectivity index (χ0) is 17.5. The summed E-state index contributed by atoms with van der Waals surface area (Å²) in [5.41, 5.74) is 2.00. The topological polar surface area (TPSA) is 38.3 Å². The minimum absolute atomic E-state index is 0.0153. The summed E-state index contributed by atoms with van der Waals surface area (Å²) < 4.78 is 5.33. The Balaban J connectivity index is 1.83. The molecule has 128 valence electrons. The number of ether oxygens (including phenoxy) is 1. The van der Waals surface area contributed by atoms with Crippen molar-refractivity contribution in [2.24, 2.45) is 0 Å². The van der Waals surface area contributed by atoms with Crippen LogP contribution in [0.2, 0.25) is 10.0 Å². The van der Waals surface area contributed by atoms with Gasteiger partial charge in [0, 0.05) is 11.3 Å². The quantitative estimate of drug-likeness (QED) is 0.721. The summed E-state index contributed by atoms with van der Waals surface area (Å²) in [6.45, 7) is 1.94. The molecule has 24 heavy (non-hydrogen) atoms. The molecule has 1 atom stereocenters. The molecular formula is C18H19Cl2NO2S. The number of nitrogens with one attached hydrogen (secondary N) is 1. The highest BCUT2D eigenvalue weighted by Crippen LogP contribution is 2.26. The van der Waals surface area contributed by atoms with Gasteiger partial charge in [0.05, 0.1) is 28.9 Å². The van der Waals surface area contributed by atoms with Crippen molar-refractivity contribution in [2.75, 3.05) is 12.9 Å². The summed E-state index contributed by atoms with van der Waals surface area (Å²) in [4.78, 5) is 12.1. The highest BCUT2D eigenvalue weighted by atomic mass is 35.5. The van der Waals surface area contributed by atoms with Crippen molar-refractivity contribution in [2.45, 2.75) is 18.7 Å². The van der Waals surface area contributed by atoms with Crippen molar-refractivity contribution in [1.82, 2.24) is 5.32 Å². The van der Waals surface area contributed by atoms with Gasteiger partial charge in [0.1, 0.15) is 5.75 Å². The average Bonchev–Trinajstić information content (AvgIpc) is 2.58. The molecule has 0 saturated carbocycles. The van der Waals surface area contributed by atoms with Crippen LogP contribution in [0.4, 0.5) is 0 Å². The van der Waals surface area contributed by atoms with Crippen molar-refractivity contribution in [3.8, 4) is 5.75 Å². The zero-order valence-electron chi connectivity index (χ0n) is 13.5. The second-order valence-electron chi connectivity index (χ2n) is 5.27. The standard InChI is InChI=1S/C18H19Cl2NO2S/c1-12(14-5-3-4-6-17(14)23-2)21-18(22)11-24-10-13-7-8-15(19)16(20)9-13/h3-9,12H,10-11H2,1-2H3,(H,21,22)/t12-/m1/s1. The molecule has 3 nitrogen and oxygen atoms in total. The molecule has 1 N–H and O–H groups in total. The Morgan fingerprint density at radius 3 is 2.67 bits per heavy atom. The summed E-state index contributed by atoms with van der Waals surface area (Å²) in [5, 5.41) is 4.06. The third-order valence-corrected chi connectivity index (χ3v) is 5.21. The maximum absolute atomic E-state index is 12.1. The molecule has 0 aliphatic heterocycles. The molecule has 1 amide bonds. The summed E-state index contributed by atoms with van der Waals surface area (Å²) >= 11 is 13.4. The van der Waals surface area contributed by atoms with E-state index < -0.39 is 0 Å². The predicted octanol–water partition coefficient (Wildman–Crippen LogP) is 5.11. The number of thioether (sulfide) groups is 1. The van der Waals surface area contributed by atoms with Gasteiger partial charge in [0.2, 0.25) is 5.91 Å². The van der Waals surface area contributed by atoms with E-state index in [0.29, 0.717) is 21.6 Å². The van der Waals surface area contributed by atoms with Crippen molar-refractivity contribution >= 4 is 40.9 Å². The van der Waals surface area contributed by atoms with Gasteiger partial charge in [-0.05, 0) is 30.7 Å². The summed E-state index contributed by atoms with van der Waals surface area (Å²) in [6.07, 6.45) is 0. The van der Waals surface area contributed by atoms with E-state index in [2.05, 4.69) is 5.32 Å². The van der Waals surface area contributed by atoms with Gasteiger partial charge in [0.25, 0.3) is 0 Å². The monoisotopic (exact) mass is 383 g/mol. The second kappa shape index (κ2) is 9.21. The molecule has 0 aliphatic carbocycles. The normalized spacial score (nSPS) is 11.8. The van der Waals surface area contributed by atoms with E-state index in [1.165, 1.54) is 11.8 Å². The first-order valence-electron chi connectivity index (χ1n) is 7.45. The number of amides is 1. The summed E-state index contributed by atoms with van der Waals surface area (Å²) in [5.74, 6) is 1.83. The Kier molecular flexibility index (Phi) is 7.28. The first-order valence-corrected chi connectivity index (χ1v) is 9.36. The number of methoxy groups -OCH3 is 1. The molecule has 0 saturated heterocycles. The van der Waals surface area contributed by atoms with Gasteiger partial charge in [-0.1, -0.05) is 47.5 Å². The molecule has 2 aromatic rings.